The van der Waals surface area contributed by atoms with Gasteiger partial charge in [0.15, 0.2) is 11.5 Å². The van der Waals surface area contributed by atoms with Crippen molar-refractivity contribution in [2.75, 3.05) is 0 Å². The van der Waals surface area contributed by atoms with Crippen LogP contribution in [0.5, 0.6) is 11.5 Å². The SMILES string of the molecule is Cc1c(C#N)cc(O)c(O)c1C. The number of phenolic OH excluding ortho intramolecular Hbond substituents is 2. The number of hydrogen-bond acceptors (Lipinski definition) is 3. The highest BCUT2D eigenvalue weighted by atomic mass is 16.3. The molecule has 12 heavy (non-hydrogen) atoms. The van der Waals surface area contributed by atoms with Gasteiger partial charge in [0.2, 0.25) is 0 Å². The zero-order valence-corrected chi connectivity index (χ0v) is 6.92. The van der Waals surface area contributed by atoms with Gasteiger partial charge in [-0.1, -0.05) is 0 Å². The third-order valence-corrected chi connectivity index (χ3v) is 1.97. The zero-order valence-electron chi connectivity index (χ0n) is 6.92. The third kappa shape index (κ3) is 1.08. The Morgan fingerprint density at radius 1 is 1.25 bits per heavy atom. The lowest BCUT2D eigenvalue weighted by Gasteiger charge is -2.06. The van der Waals surface area contributed by atoms with Crippen LogP contribution in [0, 0.1) is 25.2 Å². The number of nitriles is 1. The smallest absolute Gasteiger partial charge is 0.160 e. The van der Waals surface area contributed by atoms with E-state index in [4.69, 9.17) is 10.4 Å². The van der Waals surface area contributed by atoms with Gasteiger partial charge in [0, 0.05) is 6.07 Å². The van der Waals surface area contributed by atoms with E-state index < -0.39 is 0 Å². The normalized spacial score (nSPS) is 9.42. The van der Waals surface area contributed by atoms with E-state index in [0.717, 1.165) is 0 Å². The second kappa shape index (κ2) is 2.74. The van der Waals surface area contributed by atoms with Crippen molar-refractivity contribution in [3.8, 4) is 17.6 Å². The molecule has 0 aliphatic carbocycles. The molecule has 0 atom stereocenters. The van der Waals surface area contributed by atoms with Crippen molar-refractivity contribution in [3.63, 3.8) is 0 Å². The van der Waals surface area contributed by atoms with E-state index in [0.29, 0.717) is 16.7 Å². The van der Waals surface area contributed by atoms with Crippen molar-refractivity contribution in [1.29, 1.82) is 5.26 Å². The molecule has 2 N–H and O–H groups in total. The fraction of sp³-hybridized carbons (Fsp3) is 0.222. The Bertz CT molecular complexity index is 364. The van der Waals surface area contributed by atoms with Crippen molar-refractivity contribution in [2.24, 2.45) is 0 Å². The lowest BCUT2D eigenvalue weighted by Crippen LogP contribution is -1.87. The molecule has 3 nitrogen and oxygen atoms in total. The van der Waals surface area contributed by atoms with Crippen LogP contribution in [-0.4, -0.2) is 10.2 Å². The third-order valence-electron chi connectivity index (χ3n) is 1.97. The minimum Gasteiger partial charge on any atom is -0.504 e. The molecule has 0 unspecified atom stereocenters. The average molecular weight is 163 g/mol. The van der Waals surface area contributed by atoms with Crippen LogP contribution in [0.15, 0.2) is 6.07 Å². The van der Waals surface area contributed by atoms with Gasteiger partial charge in [-0.05, 0) is 25.0 Å². The Balaban J connectivity index is 3.52. The molecule has 0 fully saturated rings. The second-order valence-corrected chi connectivity index (χ2v) is 2.65. The van der Waals surface area contributed by atoms with Crippen LogP contribution >= 0.6 is 0 Å². The molecule has 62 valence electrons. The maximum Gasteiger partial charge on any atom is 0.160 e. The number of hydrogen-bond donors (Lipinski definition) is 2. The fourth-order valence-corrected chi connectivity index (χ4v) is 1.00. The van der Waals surface area contributed by atoms with Crippen molar-refractivity contribution in [2.45, 2.75) is 13.8 Å². The van der Waals surface area contributed by atoms with Crippen LogP contribution in [0.3, 0.4) is 0 Å². The summed E-state index contributed by atoms with van der Waals surface area (Å²) in [4.78, 5) is 0. The average Bonchev–Trinajstić information content (AvgIpc) is 2.08. The van der Waals surface area contributed by atoms with Gasteiger partial charge < -0.3 is 10.2 Å². The summed E-state index contributed by atoms with van der Waals surface area (Å²) in [5, 5.41) is 27.0. The maximum atomic E-state index is 9.25. The molecule has 0 heterocycles. The summed E-state index contributed by atoms with van der Waals surface area (Å²) in [6, 6.07) is 3.19. The number of rotatable bonds is 0. The van der Waals surface area contributed by atoms with Gasteiger partial charge >= 0.3 is 0 Å². The number of nitrogens with zero attached hydrogens (tertiary/aromatic N) is 1. The van der Waals surface area contributed by atoms with Crippen LogP contribution in [0.1, 0.15) is 16.7 Å². The van der Waals surface area contributed by atoms with Gasteiger partial charge in [0.05, 0.1) is 11.6 Å². The second-order valence-electron chi connectivity index (χ2n) is 2.65. The maximum absolute atomic E-state index is 9.25. The molecule has 0 bridgehead atoms. The summed E-state index contributed by atoms with van der Waals surface area (Å²) in [6.45, 7) is 3.39. The first-order valence-corrected chi connectivity index (χ1v) is 3.50. The van der Waals surface area contributed by atoms with Gasteiger partial charge in [-0.15, -0.1) is 0 Å². The lowest BCUT2D eigenvalue weighted by atomic mass is 10.0. The van der Waals surface area contributed by atoms with Crippen LogP contribution in [0.2, 0.25) is 0 Å². The molecule has 1 aromatic carbocycles. The highest BCUT2D eigenvalue weighted by Crippen LogP contribution is 2.32. The molecule has 0 saturated heterocycles. The molecular weight excluding hydrogens is 154 g/mol. The van der Waals surface area contributed by atoms with Crippen LogP contribution in [0.4, 0.5) is 0 Å². The van der Waals surface area contributed by atoms with Crippen molar-refractivity contribution >= 4 is 0 Å². The van der Waals surface area contributed by atoms with E-state index in [1.165, 1.54) is 6.07 Å². The standard InChI is InChI=1S/C9H9NO2/c1-5-6(2)9(12)8(11)3-7(5)4-10/h3,11-12H,1-2H3. The summed E-state index contributed by atoms with van der Waals surface area (Å²) < 4.78 is 0. The Morgan fingerprint density at radius 3 is 2.33 bits per heavy atom. The Morgan fingerprint density at radius 2 is 1.83 bits per heavy atom. The monoisotopic (exact) mass is 163 g/mol. The molecule has 0 aliphatic heterocycles. The van der Waals surface area contributed by atoms with E-state index in [1.54, 1.807) is 13.8 Å². The highest BCUT2D eigenvalue weighted by Gasteiger charge is 2.09. The van der Waals surface area contributed by atoms with E-state index in [-0.39, 0.29) is 11.5 Å². The molecule has 1 rings (SSSR count). The number of aromatic hydroxyl groups is 2. The quantitative estimate of drug-likeness (QED) is 0.571. The van der Waals surface area contributed by atoms with Gasteiger partial charge in [0.25, 0.3) is 0 Å². The first kappa shape index (κ1) is 8.41. The highest BCUT2D eigenvalue weighted by molar-refractivity contribution is 5.55. The van der Waals surface area contributed by atoms with Crippen LogP contribution in [-0.2, 0) is 0 Å². The van der Waals surface area contributed by atoms with E-state index >= 15 is 0 Å². The molecule has 0 amide bonds. The fourth-order valence-electron chi connectivity index (χ4n) is 1.00. The first-order chi connectivity index (χ1) is 5.57. The summed E-state index contributed by atoms with van der Waals surface area (Å²) in [7, 11) is 0. The van der Waals surface area contributed by atoms with E-state index in [2.05, 4.69) is 0 Å². The van der Waals surface area contributed by atoms with Gasteiger partial charge in [-0.25, -0.2) is 0 Å². The number of phenols is 2. The predicted octanol–water partition coefficient (Wildman–Crippen LogP) is 1.59. The predicted molar refractivity (Wildman–Crippen MR) is 44.0 cm³/mol. The minimum absolute atomic E-state index is 0.147. The van der Waals surface area contributed by atoms with Crippen molar-refractivity contribution < 1.29 is 10.2 Å². The molecule has 0 aromatic heterocycles. The lowest BCUT2D eigenvalue weighted by molar-refractivity contribution is 0.400. The molecule has 0 saturated carbocycles. The van der Waals surface area contributed by atoms with Gasteiger partial charge in [-0.3, -0.25) is 0 Å². The summed E-state index contributed by atoms with van der Waals surface area (Å²) in [5.74, 6) is -0.388. The molecular formula is C9H9NO2. The first-order valence-electron chi connectivity index (χ1n) is 3.50. The molecule has 0 spiro atoms. The zero-order chi connectivity index (χ0) is 9.30. The van der Waals surface area contributed by atoms with Crippen LogP contribution in [0.25, 0.3) is 0 Å². The molecule has 1 aromatic rings. The molecule has 0 radical (unpaired) electrons. The minimum atomic E-state index is -0.241. The van der Waals surface area contributed by atoms with Gasteiger partial charge in [-0.2, -0.15) is 5.26 Å². The summed E-state index contributed by atoms with van der Waals surface area (Å²) >= 11 is 0. The number of benzene rings is 1. The van der Waals surface area contributed by atoms with Crippen LogP contribution < -0.4 is 0 Å². The molecule has 0 aliphatic rings. The van der Waals surface area contributed by atoms with Gasteiger partial charge in [0.1, 0.15) is 0 Å². The Kier molecular flexibility index (Phi) is 1.92. The van der Waals surface area contributed by atoms with E-state index in [9.17, 15) is 5.11 Å². The molecule has 3 heteroatoms. The summed E-state index contributed by atoms with van der Waals surface area (Å²) in [5.41, 5.74) is 1.64. The Hall–Kier alpha value is -1.69. The largest absolute Gasteiger partial charge is 0.504 e. The van der Waals surface area contributed by atoms with E-state index in [1.807, 2.05) is 6.07 Å². The Labute approximate surface area is 70.5 Å². The topological polar surface area (TPSA) is 64.2 Å². The van der Waals surface area contributed by atoms with Crippen molar-refractivity contribution in [1.82, 2.24) is 0 Å². The summed E-state index contributed by atoms with van der Waals surface area (Å²) in [6.07, 6.45) is 0. The van der Waals surface area contributed by atoms with Crippen molar-refractivity contribution in [3.05, 3.63) is 22.8 Å².